The third-order valence-electron chi connectivity index (χ3n) is 4.40. The normalized spacial score (nSPS) is 19.0. The molecule has 1 atom stereocenters. The van der Waals surface area contributed by atoms with Crippen molar-refractivity contribution >= 4 is 5.91 Å². The number of amides is 1. The quantitative estimate of drug-likeness (QED) is 0.900. The van der Waals surface area contributed by atoms with Crippen LogP contribution in [0.2, 0.25) is 0 Å². The molecule has 1 saturated heterocycles. The number of likely N-dealkylation sites (tertiary alicyclic amines) is 1. The first-order valence-electron chi connectivity index (χ1n) is 8.21. The van der Waals surface area contributed by atoms with Gasteiger partial charge in [-0.15, -0.1) is 0 Å². The van der Waals surface area contributed by atoms with Gasteiger partial charge in [0.1, 0.15) is 0 Å². The number of hydrogen-bond acceptors (Lipinski definition) is 2. The molecule has 0 saturated carbocycles. The van der Waals surface area contributed by atoms with E-state index in [0.29, 0.717) is 18.5 Å². The lowest BCUT2D eigenvalue weighted by atomic mass is 9.94. The maximum Gasteiger partial charge on any atom is 0.254 e. The standard InChI is InChI=1S/C18H28N2O/c1-14(2)6-11-17-5-3-4-12-20(17)18(21)16-9-7-15(13-19)8-10-16/h7-10,14,17H,3-6,11-13,19H2,1-2H3. The van der Waals surface area contributed by atoms with Crippen molar-refractivity contribution in [3.63, 3.8) is 0 Å². The van der Waals surface area contributed by atoms with Crippen LogP contribution >= 0.6 is 0 Å². The fourth-order valence-corrected chi connectivity index (χ4v) is 3.04. The molecular weight excluding hydrogens is 260 g/mol. The van der Waals surface area contributed by atoms with E-state index in [1.807, 2.05) is 24.3 Å². The summed E-state index contributed by atoms with van der Waals surface area (Å²) >= 11 is 0. The smallest absolute Gasteiger partial charge is 0.254 e. The van der Waals surface area contributed by atoms with Crippen LogP contribution in [0.15, 0.2) is 24.3 Å². The van der Waals surface area contributed by atoms with Crippen LogP contribution in [0, 0.1) is 5.92 Å². The molecule has 0 aromatic heterocycles. The van der Waals surface area contributed by atoms with Crippen molar-refractivity contribution in [2.24, 2.45) is 11.7 Å². The van der Waals surface area contributed by atoms with Crippen LogP contribution in [-0.4, -0.2) is 23.4 Å². The van der Waals surface area contributed by atoms with Crippen LogP contribution in [0.1, 0.15) is 61.9 Å². The minimum atomic E-state index is 0.187. The van der Waals surface area contributed by atoms with Crippen molar-refractivity contribution in [3.05, 3.63) is 35.4 Å². The van der Waals surface area contributed by atoms with Gasteiger partial charge in [0.25, 0.3) is 5.91 Å². The molecule has 2 rings (SSSR count). The van der Waals surface area contributed by atoms with Crippen LogP contribution in [-0.2, 0) is 6.54 Å². The maximum atomic E-state index is 12.7. The van der Waals surface area contributed by atoms with Crippen molar-refractivity contribution in [2.75, 3.05) is 6.54 Å². The Balaban J connectivity index is 2.06. The predicted octanol–water partition coefficient (Wildman–Crippen LogP) is 3.58. The molecule has 0 spiro atoms. The Kier molecular flexibility index (Phi) is 5.80. The van der Waals surface area contributed by atoms with Gasteiger partial charge >= 0.3 is 0 Å². The molecule has 116 valence electrons. The molecule has 1 fully saturated rings. The van der Waals surface area contributed by atoms with Gasteiger partial charge in [0.2, 0.25) is 0 Å². The highest BCUT2D eigenvalue weighted by atomic mass is 16.2. The lowest BCUT2D eigenvalue weighted by Crippen LogP contribution is -2.43. The Morgan fingerprint density at radius 1 is 1.29 bits per heavy atom. The Labute approximate surface area is 128 Å². The zero-order valence-electron chi connectivity index (χ0n) is 13.3. The van der Waals surface area contributed by atoms with E-state index in [1.165, 1.54) is 12.8 Å². The summed E-state index contributed by atoms with van der Waals surface area (Å²) in [7, 11) is 0. The molecule has 2 N–H and O–H groups in total. The Morgan fingerprint density at radius 3 is 2.62 bits per heavy atom. The van der Waals surface area contributed by atoms with E-state index in [4.69, 9.17) is 5.73 Å². The average Bonchev–Trinajstić information content (AvgIpc) is 2.52. The number of hydrogen-bond donors (Lipinski definition) is 1. The van der Waals surface area contributed by atoms with E-state index in [1.54, 1.807) is 0 Å². The summed E-state index contributed by atoms with van der Waals surface area (Å²) < 4.78 is 0. The first-order chi connectivity index (χ1) is 10.1. The fraction of sp³-hybridized carbons (Fsp3) is 0.611. The highest BCUT2D eigenvalue weighted by molar-refractivity contribution is 5.94. The Bertz CT molecular complexity index is 453. The first kappa shape index (κ1) is 16.0. The number of rotatable bonds is 5. The number of carbonyl (C=O) groups excluding carboxylic acids is 1. The lowest BCUT2D eigenvalue weighted by Gasteiger charge is -2.36. The van der Waals surface area contributed by atoms with Crippen LogP contribution in [0.4, 0.5) is 0 Å². The second-order valence-electron chi connectivity index (χ2n) is 6.52. The van der Waals surface area contributed by atoms with Crippen molar-refractivity contribution in [1.82, 2.24) is 4.90 Å². The molecule has 0 radical (unpaired) electrons. The van der Waals surface area contributed by atoms with E-state index in [-0.39, 0.29) is 5.91 Å². The van der Waals surface area contributed by atoms with Crippen LogP contribution < -0.4 is 5.73 Å². The van der Waals surface area contributed by atoms with Crippen molar-refractivity contribution in [3.8, 4) is 0 Å². The van der Waals surface area contributed by atoms with Crippen molar-refractivity contribution in [2.45, 2.75) is 58.5 Å². The molecule has 1 amide bonds. The van der Waals surface area contributed by atoms with Gasteiger partial charge in [-0.3, -0.25) is 4.79 Å². The Hall–Kier alpha value is -1.35. The highest BCUT2D eigenvalue weighted by Crippen LogP contribution is 2.24. The van der Waals surface area contributed by atoms with Gasteiger partial charge in [-0.25, -0.2) is 0 Å². The first-order valence-corrected chi connectivity index (χ1v) is 8.21. The summed E-state index contributed by atoms with van der Waals surface area (Å²) in [4.78, 5) is 14.8. The molecule has 1 unspecified atom stereocenters. The van der Waals surface area contributed by atoms with E-state index in [9.17, 15) is 4.79 Å². The molecule has 1 aromatic carbocycles. The maximum absolute atomic E-state index is 12.7. The van der Waals surface area contributed by atoms with E-state index < -0.39 is 0 Å². The van der Waals surface area contributed by atoms with Crippen LogP contribution in [0.3, 0.4) is 0 Å². The molecule has 1 aromatic rings. The molecule has 3 heteroatoms. The van der Waals surface area contributed by atoms with Crippen molar-refractivity contribution < 1.29 is 4.79 Å². The number of piperidine rings is 1. The molecule has 3 nitrogen and oxygen atoms in total. The molecule has 1 heterocycles. The Morgan fingerprint density at radius 2 is 2.00 bits per heavy atom. The largest absolute Gasteiger partial charge is 0.336 e. The topological polar surface area (TPSA) is 46.3 Å². The van der Waals surface area contributed by atoms with Gasteiger partial charge in [0.15, 0.2) is 0 Å². The zero-order valence-corrected chi connectivity index (χ0v) is 13.3. The molecule has 1 aliphatic rings. The third-order valence-corrected chi connectivity index (χ3v) is 4.40. The van der Waals surface area contributed by atoms with Gasteiger partial charge in [-0.1, -0.05) is 26.0 Å². The summed E-state index contributed by atoms with van der Waals surface area (Å²) in [6.45, 7) is 5.93. The van der Waals surface area contributed by atoms with Gasteiger partial charge in [0, 0.05) is 24.7 Å². The highest BCUT2D eigenvalue weighted by Gasteiger charge is 2.27. The molecule has 0 aliphatic carbocycles. The van der Waals surface area contributed by atoms with E-state index in [0.717, 1.165) is 36.9 Å². The number of benzene rings is 1. The minimum Gasteiger partial charge on any atom is -0.336 e. The summed E-state index contributed by atoms with van der Waals surface area (Å²) in [5.74, 6) is 0.889. The van der Waals surface area contributed by atoms with Crippen molar-refractivity contribution in [1.29, 1.82) is 0 Å². The fourth-order valence-electron chi connectivity index (χ4n) is 3.04. The summed E-state index contributed by atoms with van der Waals surface area (Å²) in [6.07, 6.45) is 5.85. The summed E-state index contributed by atoms with van der Waals surface area (Å²) in [5.41, 5.74) is 7.48. The van der Waals surface area contributed by atoms with Gasteiger partial charge < -0.3 is 10.6 Å². The van der Waals surface area contributed by atoms with E-state index >= 15 is 0 Å². The SMILES string of the molecule is CC(C)CCC1CCCCN1C(=O)c1ccc(CN)cc1. The molecule has 21 heavy (non-hydrogen) atoms. The second-order valence-corrected chi connectivity index (χ2v) is 6.52. The molecular formula is C18H28N2O. The zero-order chi connectivity index (χ0) is 15.2. The van der Waals surface area contributed by atoms with Gasteiger partial charge in [-0.05, 0) is 55.7 Å². The average molecular weight is 288 g/mol. The number of carbonyl (C=O) groups is 1. The monoisotopic (exact) mass is 288 g/mol. The minimum absolute atomic E-state index is 0.187. The summed E-state index contributed by atoms with van der Waals surface area (Å²) in [5, 5.41) is 0. The molecule has 1 aliphatic heterocycles. The third kappa shape index (κ3) is 4.31. The summed E-state index contributed by atoms with van der Waals surface area (Å²) in [6, 6.07) is 8.17. The van der Waals surface area contributed by atoms with Gasteiger partial charge in [-0.2, -0.15) is 0 Å². The van der Waals surface area contributed by atoms with Crippen LogP contribution in [0.5, 0.6) is 0 Å². The van der Waals surface area contributed by atoms with E-state index in [2.05, 4.69) is 18.7 Å². The predicted molar refractivity (Wildman–Crippen MR) is 87.1 cm³/mol. The molecule has 0 bridgehead atoms. The second kappa shape index (κ2) is 7.60. The lowest BCUT2D eigenvalue weighted by molar-refractivity contribution is 0.0594. The number of nitrogens with zero attached hydrogens (tertiary/aromatic N) is 1. The number of nitrogens with two attached hydrogens (primary N) is 1. The van der Waals surface area contributed by atoms with Crippen LogP contribution in [0.25, 0.3) is 0 Å². The van der Waals surface area contributed by atoms with Gasteiger partial charge in [0.05, 0.1) is 0 Å².